The molecule has 0 aliphatic carbocycles. The molecule has 1 saturated heterocycles. The fourth-order valence-electron chi connectivity index (χ4n) is 3.95. The van der Waals surface area contributed by atoms with Crippen LogP contribution in [0.4, 0.5) is 4.39 Å². The van der Waals surface area contributed by atoms with Crippen molar-refractivity contribution in [3.63, 3.8) is 0 Å². The predicted octanol–water partition coefficient (Wildman–Crippen LogP) is 3.66. The van der Waals surface area contributed by atoms with Crippen LogP contribution in [0, 0.1) is 5.82 Å². The monoisotopic (exact) mass is 438 g/mol. The molecule has 0 bridgehead atoms. The maximum Gasteiger partial charge on any atom is 0.420 e. The van der Waals surface area contributed by atoms with Crippen molar-refractivity contribution < 1.29 is 13.6 Å². The van der Waals surface area contributed by atoms with E-state index >= 15 is 0 Å². The maximum atomic E-state index is 14.1. The van der Waals surface area contributed by atoms with Gasteiger partial charge in [0.25, 0.3) is 0 Å². The van der Waals surface area contributed by atoms with Crippen LogP contribution in [-0.4, -0.2) is 38.7 Å². The van der Waals surface area contributed by atoms with Gasteiger partial charge in [0.05, 0.1) is 5.52 Å². The van der Waals surface area contributed by atoms with Gasteiger partial charge in [-0.1, -0.05) is 35.6 Å². The first kappa shape index (κ1) is 19.6. The van der Waals surface area contributed by atoms with Gasteiger partial charge in [-0.25, -0.2) is 9.18 Å². The molecule has 1 aliphatic heterocycles. The summed E-state index contributed by atoms with van der Waals surface area (Å²) in [6.07, 6.45) is 1.70. The molecule has 0 saturated carbocycles. The second-order valence-electron chi connectivity index (χ2n) is 7.53. The van der Waals surface area contributed by atoms with Crippen LogP contribution in [0.2, 0.25) is 0 Å². The van der Waals surface area contributed by atoms with Crippen molar-refractivity contribution >= 4 is 28.3 Å². The first-order chi connectivity index (χ1) is 15.1. The Bertz CT molecular complexity index is 1310. The molecule has 0 radical (unpaired) electrons. The molecule has 3 heterocycles. The van der Waals surface area contributed by atoms with Crippen molar-refractivity contribution in [2.45, 2.75) is 25.3 Å². The first-order valence-electron chi connectivity index (χ1n) is 10.0. The van der Waals surface area contributed by atoms with Crippen molar-refractivity contribution in [1.82, 2.24) is 19.7 Å². The van der Waals surface area contributed by atoms with E-state index in [9.17, 15) is 14.0 Å². The molecule has 1 atom stereocenters. The SMILES string of the molecule is O=C(Cn1c(=O)oc2ccccc21)N1CCCC(c2nnc(-c3ccccc3F)s2)C1. The molecule has 158 valence electrons. The molecule has 0 spiro atoms. The Hall–Kier alpha value is -3.33. The second kappa shape index (κ2) is 8.07. The minimum atomic E-state index is -0.540. The van der Waals surface area contributed by atoms with Gasteiger partial charge in [0.2, 0.25) is 5.91 Å². The van der Waals surface area contributed by atoms with Gasteiger partial charge in [-0.3, -0.25) is 9.36 Å². The number of carbonyl (C=O) groups excluding carboxylic acids is 1. The van der Waals surface area contributed by atoms with Crippen LogP contribution in [0.15, 0.2) is 57.7 Å². The lowest BCUT2D eigenvalue weighted by atomic mass is 9.99. The van der Waals surface area contributed by atoms with Crippen molar-refractivity contribution in [2.75, 3.05) is 13.1 Å². The summed E-state index contributed by atoms with van der Waals surface area (Å²) in [5, 5.41) is 9.77. The van der Waals surface area contributed by atoms with Gasteiger partial charge in [0, 0.05) is 24.6 Å². The number of nitrogens with zero attached hydrogens (tertiary/aromatic N) is 4. The standard InChI is InChI=1S/C22H19FN4O3S/c23-16-8-2-1-7-15(16)21-25-24-20(31-21)14-6-5-11-26(12-14)19(28)13-27-17-9-3-4-10-18(17)30-22(27)29/h1-4,7-10,14H,5-6,11-13H2. The normalized spacial score (nSPS) is 16.7. The number of likely N-dealkylation sites (tertiary alicyclic amines) is 1. The number of rotatable bonds is 4. The Labute approximate surface area is 180 Å². The smallest absolute Gasteiger partial charge is 0.408 e. The number of aromatic nitrogens is 3. The second-order valence-corrected chi connectivity index (χ2v) is 8.54. The lowest BCUT2D eigenvalue weighted by Gasteiger charge is -2.31. The molecule has 4 aromatic rings. The minimum Gasteiger partial charge on any atom is -0.408 e. The van der Waals surface area contributed by atoms with Crippen LogP contribution < -0.4 is 5.76 Å². The number of halogens is 1. The Kier molecular flexibility index (Phi) is 5.11. The summed E-state index contributed by atoms with van der Waals surface area (Å²) in [4.78, 5) is 26.9. The number of hydrogen-bond donors (Lipinski definition) is 0. The zero-order valence-electron chi connectivity index (χ0n) is 16.5. The Balaban J connectivity index is 1.32. The minimum absolute atomic E-state index is 0.0357. The summed E-state index contributed by atoms with van der Waals surface area (Å²) in [7, 11) is 0. The lowest BCUT2D eigenvalue weighted by molar-refractivity contribution is -0.133. The third kappa shape index (κ3) is 3.76. The molecule has 1 fully saturated rings. The van der Waals surface area contributed by atoms with Crippen LogP contribution in [0.25, 0.3) is 21.7 Å². The number of oxazole rings is 1. The summed E-state index contributed by atoms with van der Waals surface area (Å²) in [6.45, 7) is 1.05. The number of benzene rings is 2. The molecule has 7 nitrogen and oxygen atoms in total. The van der Waals surface area contributed by atoms with Crippen molar-refractivity contribution in [2.24, 2.45) is 0 Å². The summed E-state index contributed by atoms with van der Waals surface area (Å²) >= 11 is 1.36. The van der Waals surface area contributed by atoms with E-state index in [1.54, 1.807) is 47.4 Å². The largest absolute Gasteiger partial charge is 0.420 e. The average molecular weight is 438 g/mol. The number of fused-ring (bicyclic) bond motifs is 1. The summed E-state index contributed by atoms with van der Waals surface area (Å²) in [5.41, 5.74) is 1.50. The lowest BCUT2D eigenvalue weighted by Crippen LogP contribution is -2.41. The molecule has 2 aromatic carbocycles. The van der Waals surface area contributed by atoms with E-state index in [1.807, 2.05) is 0 Å². The van der Waals surface area contributed by atoms with Gasteiger partial charge < -0.3 is 9.32 Å². The highest BCUT2D eigenvalue weighted by Gasteiger charge is 2.28. The van der Waals surface area contributed by atoms with E-state index in [4.69, 9.17) is 4.42 Å². The van der Waals surface area contributed by atoms with Gasteiger partial charge in [-0.05, 0) is 37.1 Å². The van der Waals surface area contributed by atoms with E-state index < -0.39 is 5.76 Å². The van der Waals surface area contributed by atoms with Crippen LogP contribution in [0.1, 0.15) is 23.8 Å². The van der Waals surface area contributed by atoms with Gasteiger partial charge in [-0.15, -0.1) is 10.2 Å². The highest BCUT2D eigenvalue weighted by molar-refractivity contribution is 7.14. The van der Waals surface area contributed by atoms with Crippen LogP contribution in [-0.2, 0) is 11.3 Å². The summed E-state index contributed by atoms with van der Waals surface area (Å²) in [5.74, 6) is -0.976. The van der Waals surface area contributed by atoms with Crippen molar-refractivity contribution in [1.29, 1.82) is 0 Å². The highest BCUT2D eigenvalue weighted by Crippen LogP contribution is 2.33. The molecule has 9 heteroatoms. The molecule has 2 aromatic heterocycles. The molecule has 1 aliphatic rings. The Morgan fingerprint density at radius 3 is 2.84 bits per heavy atom. The number of para-hydroxylation sites is 2. The number of carbonyl (C=O) groups is 1. The summed E-state index contributed by atoms with van der Waals surface area (Å²) in [6, 6.07) is 13.5. The summed E-state index contributed by atoms with van der Waals surface area (Å²) < 4.78 is 20.7. The zero-order valence-corrected chi connectivity index (χ0v) is 17.3. The van der Waals surface area contributed by atoms with Crippen LogP contribution in [0.5, 0.6) is 0 Å². The van der Waals surface area contributed by atoms with E-state index in [0.29, 0.717) is 34.8 Å². The van der Waals surface area contributed by atoms with Crippen LogP contribution >= 0.6 is 11.3 Å². The Morgan fingerprint density at radius 1 is 1.16 bits per heavy atom. The number of piperidine rings is 1. The van der Waals surface area contributed by atoms with E-state index in [-0.39, 0.29) is 24.2 Å². The van der Waals surface area contributed by atoms with E-state index in [1.165, 1.54) is 22.0 Å². The fraction of sp³-hybridized carbons (Fsp3) is 0.273. The van der Waals surface area contributed by atoms with Gasteiger partial charge in [-0.2, -0.15) is 0 Å². The molecule has 1 amide bonds. The molecule has 1 unspecified atom stereocenters. The molecule has 31 heavy (non-hydrogen) atoms. The van der Waals surface area contributed by atoms with E-state index in [2.05, 4.69) is 10.2 Å². The number of hydrogen-bond acceptors (Lipinski definition) is 6. The van der Waals surface area contributed by atoms with E-state index in [0.717, 1.165) is 17.8 Å². The third-order valence-corrected chi connectivity index (χ3v) is 6.65. The molecule has 0 N–H and O–H groups in total. The maximum absolute atomic E-state index is 14.1. The topological polar surface area (TPSA) is 81.2 Å². The van der Waals surface area contributed by atoms with Crippen molar-refractivity contribution in [3.05, 3.63) is 69.9 Å². The predicted molar refractivity (Wildman–Crippen MR) is 114 cm³/mol. The van der Waals surface area contributed by atoms with Gasteiger partial charge in [0.15, 0.2) is 10.6 Å². The number of amides is 1. The van der Waals surface area contributed by atoms with Gasteiger partial charge >= 0.3 is 5.76 Å². The quantitative estimate of drug-likeness (QED) is 0.486. The molecular formula is C22H19FN4O3S. The fourth-order valence-corrected chi connectivity index (χ4v) is 4.94. The van der Waals surface area contributed by atoms with Crippen LogP contribution in [0.3, 0.4) is 0 Å². The van der Waals surface area contributed by atoms with Crippen molar-refractivity contribution in [3.8, 4) is 10.6 Å². The first-order valence-corrected chi connectivity index (χ1v) is 10.9. The highest BCUT2D eigenvalue weighted by atomic mass is 32.1. The molecular weight excluding hydrogens is 419 g/mol. The Morgan fingerprint density at radius 2 is 1.97 bits per heavy atom. The molecule has 5 rings (SSSR count). The zero-order chi connectivity index (χ0) is 21.4. The average Bonchev–Trinajstić information content (AvgIpc) is 3.39. The third-order valence-electron chi connectivity index (χ3n) is 5.54. The van der Waals surface area contributed by atoms with Gasteiger partial charge in [0.1, 0.15) is 17.4 Å².